The van der Waals surface area contributed by atoms with Gasteiger partial charge < -0.3 is 15.5 Å². The van der Waals surface area contributed by atoms with E-state index in [1.807, 2.05) is 0 Å². The lowest BCUT2D eigenvalue weighted by Gasteiger charge is -2.28. The van der Waals surface area contributed by atoms with Gasteiger partial charge in [0.25, 0.3) is 5.91 Å². The zero-order chi connectivity index (χ0) is 22.9. The lowest BCUT2D eigenvalue weighted by atomic mass is 9.99. The molecule has 1 aliphatic rings. The van der Waals surface area contributed by atoms with Gasteiger partial charge in [-0.3, -0.25) is 9.78 Å². The van der Waals surface area contributed by atoms with E-state index in [2.05, 4.69) is 15.6 Å². The van der Waals surface area contributed by atoms with Gasteiger partial charge in [-0.15, -0.1) is 0 Å². The number of carbonyl (C=O) groups excluding carboxylic acids is 2. The molecule has 2 aromatic carbocycles. The molecule has 2 heterocycles. The molecular weight excluding hydrogens is 445 g/mol. The van der Waals surface area contributed by atoms with Crippen molar-refractivity contribution in [1.82, 2.24) is 4.98 Å². The highest BCUT2D eigenvalue weighted by Gasteiger charge is 2.30. The molecule has 0 unspecified atom stereocenters. The fraction of sp³-hybridized carbons (Fsp3) is 0.136. The maximum absolute atomic E-state index is 12.9. The Hall–Kier alpha value is -3.59. The predicted molar refractivity (Wildman–Crippen MR) is 115 cm³/mol. The summed E-state index contributed by atoms with van der Waals surface area (Å²) in [5.41, 5.74) is 1.28. The van der Waals surface area contributed by atoms with Crippen molar-refractivity contribution in [3.8, 4) is 0 Å². The zero-order valence-corrected chi connectivity index (χ0v) is 17.2. The molecule has 6 nitrogen and oxygen atoms in total. The van der Waals surface area contributed by atoms with E-state index >= 15 is 0 Å². The maximum Gasteiger partial charge on any atom is 0.416 e. The Morgan fingerprint density at radius 3 is 2.59 bits per heavy atom. The van der Waals surface area contributed by atoms with E-state index in [0.29, 0.717) is 29.2 Å². The monoisotopic (exact) mass is 460 g/mol. The normalized spacial score (nSPS) is 13.5. The van der Waals surface area contributed by atoms with Gasteiger partial charge in [-0.1, -0.05) is 17.7 Å². The number of rotatable bonds is 3. The SMILES string of the molecule is O=C(Nc1cncc(N2CCc3cc(Cl)ccc3C2=O)c1)Nc1cccc(C(F)(F)F)c1. The second kappa shape index (κ2) is 8.51. The summed E-state index contributed by atoms with van der Waals surface area (Å²) in [4.78, 5) is 30.8. The summed E-state index contributed by atoms with van der Waals surface area (Å²) < 4.78 is 38.5. The number of aromatic nitrogens is 1. The average molecular weight is 461 g/mol. The van der Waals surface area contributed by atoms with Crippen molar-refractivity contribution >= 4 is 40.6 Å². The van der Waals surface area contributed by atoms with Gasteiger partial charge in [0.15, 0.2) is 0 Å². The predicted octanol–water partition coefficient (Wildman–Crippen LogP) is 5.60. The number of anilines is 3. The summed E-state index contributed by atoms with van der Waals surface area (Å²) in [6.45, 7) is 0.410. The van der Waals surface area contributed by atoms with E-state index in [1.165, 1.54) is 24.5 Å². The summed E-state index contributed by atoms with van der Waals surface area (Å²) in [5, 5.41) is 5.44. The van der Waals surface area contributed by atoms with Crippen LogP contribution in [0.4, 0.5) is 35.0 Å². The second-order valence-corrected chi connectivity index (χ2v) is 7.53. The summed E-state index contributed by atoms with van der Waals surface area (Å²) in [6, 6.07) is 10.2. The average Bonchev–Trinajstić information content (AvgIpc) is 2.73. The number of hydrogen-bond donors (Lipinski definition) is 2. The topological polar surface area (TPSA) is 74.3 Å². The Morgan fingerprint density at radius 2 is 1.81 bits per heavy atom. The summed E-state index contributed by atoms with van der Waals surface area (Å²) in [7, 11) is 0. The summed E-state index contributed by atoms with van der Waals surface area (Å²) >= 11 is 6.00. The Kier molecular flexibility index (Phi) is 5.75. The molecule has 164 valence electrons. The highest BCUT2D eigenvalue weighted by Crippen LogP contribution is 2.31. The standard InChI is InChI=1S/C22H16ClF3N4O2/c23-15-4-5-19-13(8-15)6-7-30(20(19)31)18-10-17(11-27-12-18)29-21(32)28-16-3-1-2-14(9-16)22(24,25)26/h1-5,8-12H,6-7H2,(H2,28,29,32). The van der Waals surface area contributed by atoms with Gasteiger partial charge >= 0.3 is 12.2 Å². The van der Waals surface area contributed by atoms with E-state index in [0.717, 1.165) is 17.7 Å². The van der Waals surface area contributed by atoms with Crippen LogP contribution in [0.15, 0.2) is 60.9 Å². The van der Waals surface area contributed by atoms with Gasteiger partial charge in [-0.25, -0.2) is 4.79 Å². The minimum atomic E-state index is -4.52. The molecule has 0 fully saturated rings. The molecule has 0 bridgehead atoms. The number of nitrogens with one attached hydrogen (secondary N) is 2. The number of hydrogen-bond acceptors (Lipinski definition) is 3. The number of urea groups is 1. The number of halogens is 4. The fourth-order valence-electron chi connectivity index (χ4n) is 3.41. The highest BCUT2D eigenvalue weighted by atomic mass is 35.5. The van der Waals surface area contributed by atoms with E-state index in [9.17, 15) is 22.8 Å². The van der Waals surface area contributed by atoms with Crippen LogP contribution in [0.25, 0.3) is 0 Å². The van der Waals surface area contributed by atoms with Crippen LogP contribution in [0, 0.1) is 0 Å². The van der Waals surface area contributed by atoms with E-state index in [-0.39, 0.29) is 17.3 Å². The van der Waals surface area contributed by atoms with Crippen molar-refractivity contribution < 1.29 is 22.8 Å². The third kappa shape index (κ3) is 4.67. The number of alkyl halides is 3. The van der Waals surface area contributed by atoms with Gasteiger partial charge in [0.2, 0.25) is 0 Å². The molecule has 4 rings (SSSR count). The molecule has 0 spiro atoms. The fourth-order valence-corrected chi connectivity index (χ4v) is 3.61. The first-order valence-corrected chi connectivity index (χ1v) is 9.89. The number of nitrogens with zero attached hydrogens (tertiary/aromatic N) is 2. The van der Waals surface area contributed by atoms with Crippen molar-refractivity contribution in [2.45, 2.75) is 12.6 Å². The Morgan fingerprint density at radius 1 is 1.03 bits per heavy atom. The minimum absolute atomic E-state index is 0.0112. The van der Waals surface area contributed by atoms with Crippen LogP contribution in [-0.4, -0.2) is 23.5 Å². The summed E-state index contributed by atoms with van der Waals surface area (Å²) in [6.07, 6.45) is -1.04. The van der Waals surface area contributed by atoms with Crippen LogP contribution >= 0.6 is 11.6 Å². The number of amides is 3. The Bertz CT molecular complexity index is 1200. The van der Waals surface area contributed by atoms with Crippen molar-refractivity contribution in [2.24, 2.45) is 0 Å². The first-order valence-electron chi connectivity index (χ1n) is 9.51. The Labute approximate surface area is 186 Å². The van der Waals surface area contributed by atoms with Gasteiger partial charge in [0, 0.05) is 22.8 Å². The van der Waals surface area contributed by atoms with Crippen LogP contribution in [-0.2, 0) is 12.6 Å². The van der Waals surface area contributed by atoms with Crippen LogP contribution in [0.5, 0.6) is 0 Å². The second-order valence-electron chi connectivity index (χ2n) is 7.10. The highest BCUT2D eigenvalue weighted by molar-refractivity contribution is 6.30. The molecular formula is C22H16ClF3N4O2. The van der Waals surface area contributed by atoms with Crippen molar-refractivity contribution in [1.29, 1.82) is 0 Å². The smallest absolute Gasteiger partial charge is 0.308 e. The van der Waals surface area contributed by atoms with Crippen LogP contribution in [0.1, 0.15) is 21.5 Å². The first-order chi connectivity index (χ1) is 15.2. The minimum Gasteiger partial charge on any atom is -0.308 e. The molecule has 10 heteroatoms. The molecule has 0 atom stereocenters. The molecule has 0 saturated carbocycles. The molecule has 0 aliphatic carbocycles. The Balaban J connectivity index is 1.47. The molecule has 0 saturated heterocycles. The molecule has 32 heavy (non-hydrogen) atoms. The van der Waals surface area contributed by atoms with E-state index < -0.39 is 17.8 Å². The molecule has 1 aromatic heterocycles. The lowest BCUT2D eigenvalue weighted by Crippen LogP contribution is -2.37. The van der Waals surface area contributed by atoms with Crippen LogP contribution in [0.2, 0.25) is 5.02 Å². The van der Waals surface area contributed by atoms with Crippen molar-refractivity contribution in [3.63, 3.8) is 0 Å². The van der Waals surface area contributed by atoms with Gasteiger partial charge in [0.1, 0.15) is 0 Å². The van der Waals surface area contributed by atoms with Crippen molar-refractivity contribution in [3.05, 3.63) is 82.6 Å². The number of pyridine rings is 1. The molecule has 0 radical (unpaired) electrons. The van der Waals surface area contributed by atoms with E-state index in [4.69, 9.17) is 11.6 Å². The van der Waals surface area contributed by atoms with Crippen molar-refractivity contribution in [2.75, 3.05) is 22.1 Å². The molecule has 3 aromatic rings. The maximum atomic E-state index is 12.9. The number of benzene rings is 2. The first kappa shape index (κ1) is 21.6. The number of fused-ring (bicyclic) bond motifs is 1. The van der Waals surface area contributed by atoms with Gasteiger partial charge in [-0.05, 0) is 54.4 Å². The quantitative estimate of drug-likeness (QED) is 0.534. The zero-order valence-electron chi connectivity index (χ0n) is 16.4. The number of carbonyl (C=O) groups is 2. The summed E-state index contributed by atoms with van der Waals surface area (Å²) in [5.74, 6) is -0.213. The van der Waals surface area contributed by atoms with E-state index in [1.54, 1.807) is 29.2 Å². The van der Waals surface area contributed by atoms with Crippen LogP contribution < -0.4 is 15.5 Å². The van der Waals surface area contributed by atoms with Crippen LogP contribution in [0.3, 0.4) is 0 Å². The van der Waals surface area contributed by atoms with Gasteiger partial charge in [-0.2, -0.15) is 13.2 Å². The van der Waals surface area contributed by atoms with Gasteiger partial charge in [0.05, 0.1) is 29.3 Å². The molecule has 1 aliphatic heterocycles. The third-order valence-corrected chi connectivity index (χ3v) is 5.12. The lowest BCUT2D eigenvalue weighted by molar-refractivity contribution is -0.137. The third-order valence-electron chi connectivity index (χ3n) is 4.89. The molecule has 3 amide bonds. The largest absolute Gasteiger partial charge is 0.416 e. The molecule has 2 N–H and O–H groups in total.